The number of hydrogen-bond donors (Lipinski definition) is 0. The summed E-state index contributed by atoms with van der Waals surface area (Å²) in [6, 6.07) is 0. The summed E-state index contributed by atoms with van der Waals surface area (Å²) in [4.78, 5) is 12.7. The van der Waals surface area contributed by atoms with Crippen LogP contribution in [0.4, 0.5) is 0 Å². The van der Waals surface area contributed by atoms with Gasteiger partial charge in [-0.1, -0.05) is 5.16 Å². The van der Waals surface area contributed by atoms with Crippen molar-refractivity contribution in [3.63, 3.8) is 0 Å². The summed E-state index contributed by atoms with van der Waals surface area (Å²) in [5.74, 6) is 0.983. The molecule has 0 aliphatic carbocycles. The second-order valence-corrected chi connectivity index (χ2v) is 8.65. The minimum Gasteiger partial charge on any atom is -0.332 e. The van der Waals surface area contributed by atoms with Crippen LogP contribution in [0, 0.1) is 5.92 Å². The van der Waals surface area contributed by atoms with Crippen molar-refractivity contribution in [2.75, 3.05) is 13.1 Å². The van der Waals surface area contributed by atoms with Gasteiger partial charge in [0.15, 0.2) is 5.82 Å². The highest BCUT2D eigenvalue weighted by molar-refractivity contribution is 7.89. The monoisotopic (exact) mass is 403 g/mol. The Morgan fingerprint density at radius 3 is 2.93 bits per heavy atom. The zero-order chi connectivity index (χ0) is 19.6. The van der Waals surface area contributed by atoms with Gasteiger partial charge in [0.25, 0.3) is 5.89 Å². The molecule has 0 aromatic carbocycles. The molecule has 1 unspecified atom stereocenters. The molecule has 3 aromatic heterocycles. The van der Waals surface area contributed by atoms with Crippen molar-refractivity contribution in [1.82, 2.24) is 34.2 Å². The van der Waals surface area contributed by atoms with E-state index in [1.165, 1.54) is 10.5 Å². The summed E-state index contributed by atoms with van der Waals surface area (Å²) in [6.45, 7) is 3.48. The molecule has 4 heterocycles. The maximum absolute atomic E-state index is 12.9. The molecule has 28 heavy (non-hydrogen) atoms. The first-order valence-electron chi connectivity index (χ1n) is 9.18. The molecule has 10 nitrogen and oxygen atoms in total. The van der Waals surface area contributed by atoms with E-state index >= 15 is 0 Å². The number of nitrogens with zero attached hydrogens (tertiary/aromatic N) is 7. The Bertz CT molecular complexity index is 1030. The molecule has 1 aliphatic rings. The third kappa shape index (κ3) is 3.80. The SMILES string of the molecule is CCn1cc(S(=O)(=O)N2CCCC(Cc3noc(-c4cnccn4)n3)C2)cn1. The van der Waals surface area contributed by atoms with Crippen LogP contribution in [0.5, 0.6) is 0 Å². The zero-order valence-electron chi connectivity index (χ0n) is 15.5. The van der Waals surface area contributed by atoms with Crippen LogP contribution < -0.4 is 0 Å². The van der Waals surface area contributed by atoms with E-state index in [2.05, 4.69) is 25.2 Å². The van der Waals surface area contributed by atoms with E-state index in [0.29, 0.717) is 43.5 Å². The fraction of sp³-hybridized carbons (Fsp3) is 0.471. The van der Waals surface area contributed by atoms with Gasteiger partial charge >= 0.3 is 0 Å². The first-order chi connectivity index (χ1) is 13.6. The molecule has 3 aromatic rings. The molecule has 1 atom stereocenters. The number of piperidine rings is 1. The molecular formula is C17H21N7O3S. The van der Waals surface area contributed by atoms with Crippen LogP contribution in [0.1, 0.15) is 25.6 Å². The highest BCUT2D eigenvalue weighted by atomic mass is 32.2. The molecule has 11 heteroatoms. The number of sulfonamides is 1. The van der Waals surface area contributed by atoms with Gasteiger partial charge in [0.05, 0.1) is 12.4 Å². The van der Waals surface area contributed by atoms with Crippen LogP contribution >= 0.6 is 0 Å². The smallest absolute Gasteiger partial charge is 0.278 e. The Morgan fingerprint density at radius 1 is 1.29 bits per heavy atom. The van der Waals surface area contributed by atoms with Gasteiger partial charge in [0.1, 0.15) is 10.6 Å². The predicted octanol–water partition coefficient (Wildman–Crippen LogP) is 1.39. The maximum Gasteiger partial charge on any atom is 0.278 e. The summed E-state index contributed by atoms with van der Waals surface area (Å²) in [6.07, 6.45) is 9.93. The van der Waals surface area contributed by atoms with Gasteiger partial charge in [-0.15, -0.1) is 0 Å². The fourth-order valence-corrected chi connectivity index (χ4v) is 4.83. The molecule has 0 N–H and O–H groups in total. The van der Waals surface area contributed by atoms with E-state index in [-0.39, 0.29) is 10.8 Å². The molecule has 4 rings (SSSR count). The molecule has 1 saturated heterocycles. The van der Waals surface area contributed by atoms with Crippen molar-refractivity contribution in [2.24, 2.45) is 5.92 Å². The first kappa shape index (κ1) is 18.7. The normalized spacial score (nSPS) is 18.4. The average Bonchev–Trinajstić information content (AvgIpc) is 3.39. The van der Waals surface area contributed by atoms with Crippen LogP contribution in [0.2, 0.25) is 0 Å². The fourth-order valence-electron chi connectivity index (χ4n) is 3.32. The second-order valence-electron chi connectivity index (χ2n) is 6.71. The highest BCUT2D eigenvalue weighted by Gasteiger charge is 2.32. The number of aromatic nitrogens is 6. The third-order valence-electron chi connectivity index (χ3n) is 4.77. The van der Waals surface area contributed by atoms with Crippen LogP contribution in [0.15, 0.2) is 40.4 Å². The van der Waals surface area contributed by atoms with Crippen LogP contribution in [0.25, 0.3) is 11.6 Å². The van der Waals surface area contributed by atoms with E-state index < -0.39 is 10.0 Å². The van der Waals surface area contributed by atoms with Crippen molar-refractivity contribution in [1.29, 1.82) is 0 Å². The van der Waals surface area contributed by atoms with E-state index in [9.17, 15) is 8.42 Å². The molecule has 0 radical (unpaired) electrons. The molecule has 0 spiro atoms. The topological polar surface area (TPSA) is 120 Å². The highest BCUT2D eigenvalue weighted by Crippen LogP contribution is 2.26. The van der Waals surface area contributed by atoms with Gasteiger partial charge in [-0.3, -0.25) is 9.67 Å². The Kier molecular flexibility index (Phi) is 5.18. The largest absolute Gasteiger partial charge is 0.332 e. The molecule has 0 saturated carbocycles. The van der Waals surface area contributed by atoms with Gasteiger partial charge in [0, 0.05) is 44.6 Å². The number of hydrogen-bond acceptors (Lipinski definition) is 8. The van der Waals surface area contributed by atoms with Gasteiger partial charge in [-0.25, -0.2) is 13.4 Å². The molecule has 1 aliphatic heterocycles. The summed E-state index contributed by atoms with van der Waals surface area (Å²) in [5.41, 5.74) is 0.516. The maximum atomic E-state index is 12.9. The van der Waals surface area contributed by atoms with Crippen molar-refractivity contribution < 1.29 is 12.9 Å². The summed E-state index contributed by atoms with van der Waals surface area (Å²) in [5, 5.41) is 8.09. The number of aryl methyl sites for hydroxylation is 1. The molecule has 0 bridgehead atoms. The van der Waals surface area contributed by atoms with Gasteiger partial charge in [-0.05, 0) is 25.7 Å². The lowest BCUT2D eigenvalue weighted by Gasteiger charge is -2.31. The molecule has 1 fully saturated rings. The van der Waals surface area contributed by atoms with Gasteiger partial charge < -0.3 is 4.52 Å². The third-order valence-corrected chi connectivity index (χ3v) is 6.59. The Balaban J connectivity index is 1.45. The molecule has 148 valence electrons. The van der Waals surface area contributed by atoms with Crippen molar-refractivity contribution in [2.45, 2.75) is 37.6 Å². The van der Waals surface area contributed by atoms with Crippen molar-refractivity contribution in [3.8, 4) is 11.6 Å². The lowest BCUT2D eigenvalue weighted by Crippen LogP contribution is -2.40. The predicted molar refractivity (Wildman–Crippen MR) is 98.4 cm³/mol. The second kappa shape index (κ2) is 7.76. The van der Waals surface area contributed by atoms with Crippen LogP contribution in [-0.2, 0) is 23.0 Å². The van der Waals surface area contributed by atoms with Gasteiger partial charge in [0.2, 0.25) is 10.0 Å². The Hall–Kier alpha value is -2.66. The van der Waals surface area contributed by atoms with E-state index in [4.69, 9.17) is 4.52 Å². The molecular weight excluding hydrogens is 382 g/mol. The summed E-state index contributed by atoms with van der Waals surface area (Å²) < 4.78 is 34.2. The van der Waals surface area contributed by atoms with E-state index in [0.717, 1.165) is 12.8 Å². The lowest BCUT2D eigenvalue weighted by atomic mass is 9.96. The summed E-state index contributed by atoms with van der Waals surface area (Å²) in [7, 11) is -3.55. The first-order valence-corrected chi connectivity index (χ1v) is 10.6. The van der Waals surface area contributed by atoms with E-state index in [1.807, 2.05) is 6.92 Å². The minimum absolute atomic E-state index is 0.122. The van der Waals surface area contributed by atoms with Gasteiger partial charge in [-0.2, -0.15) is 14.4 Å². The minimum atomic E-state index is -3.55. The van der Waals surface area contributed by atoms with Crippen LogP contribution in [-0.4, -0.2) is 55.7 Å². The average molecular weight is 403 g/mol. The van der Waals surface area contributed by atoms with Crippen LogP contribution in [0.3, 0.4) is 0 Å². The van der Waals surface area contributed by atoms with Crippen molar-refractivity contribution in [3.05, 3.63) is 36.8 Å². The van der Waals surface area contributed by atoms with E-state index in [1.54, 1.807) is 29.5 Å². The Labute approximate surface area is 162 Å². The molecule has 0 amide bonds. The Morgan fingerprint density at radius 2 is 2.18 bits per heavy atom. The summed E-state index contributed by atoms with van der Waals surface area (Å²) >= 11 is 0. The van der Waals surface area contributed by atoms with Crippen molar-refractivity contribution >= 4 is 10.0 Å². The lowest BCUT2D eigenvalue weighted by molar-refractivity contribution is 0.261. The number of rotatable bonds is 6. The standard InChI is InChI=1S/C17H21N7O3S/c1-2-23-12-14(9-20-23)28(25,26)24-7-3-4-13(11-24)8-16-21-17(27-22-16)15-10-18-5-6-19-15/h5-6,9-10,12-13H,2-4,7-8,11H2,1H3. The zero-order valence-corrected chi connectivity index (χ0v) is 16.3. The quantitative estimate of drug-likeness (QED) is 0.605.